The van der Waals surface area contributed by atoms with Crippen LogP contribution in [0.2, 0.25) is 0 Å². The van der Waals surface area contributed by atoms with E-state index in [0.29, 0.717) is 24.4 Å². The number of rotatable bonds is 7. The van der Waals surface area contributed by atoms with Gasteiger partial charge in [-0.1, -0.05) is 43.2 Å². The fourth-order valence-corrected chi connectivity index (χ4v) is 5.30. The third-order valence-corrected chi connectivity index (χ3v) is 7.16. The monoisotopic (exact) mass is 489 g/mol. The Morgan fingerprint density at radius 1 is 1.00 bits per heavy atom. The fourth-order valence-electron chi connectivity index (χ4n) is 5.30. The first-order valence-corrected chi connectivity index (χ1v) is 13.0. The predicted molar refractivity (Wildman–Crippen MR) is 139 cm³/mol. The number of nitrogens with zero attached hydrogens (tertiary/aromatic N) is 3. The van der Waals surface area contributed by atoms with Crippen molar-refractivity contribution in [3.63, 3.8) is 0 Å². The number of aromatic nitrogens is 2. The smallest absolute Gasteiger partial charge is 0.407 e. The number of aryl methyl sites for hydroxylation is 1. The molecule has 0 bridgehead atoms. The zero-order valence-corrected chi connectivity index (χ0v) is 20.9. The van der Waals surface area contributed by atoms with Gasteiger partial charge in [0, 0.05) is 49.4 Å². The maximum absolute atomic E-state index is 12.5. The zero-order chi connectivity index (χ0) is 24.7. The quantitative estimate of drug-likeness (QED) is 0.491. The van der Waals surface area contributed by atoms with E-state index in [2.05, 4.69) is 37.9 Å². The normalized spacial score (nSPS) is 22.2. The van der Waals surface area contributed by atoms with E-state index < -0.39 is 0 Å². The lowest BCUT2D eigenvalue weighted by molar-refractivity contribution is 0.128. The number of hydrogen-bond donors (Lipinski definition) is 2. The van der Waals surface area contributed by atoms with Crippen molar-refractivity contribution in [2.75, 3.05) is 18.0 Å². The van der Waals surface area contributed by atoms with Gasteiger partial charge in [-0.05, 0) is 55.5 Å². The summed E-state index contributed by atoms with van der Waals surface area (Å²) in [4.78, 5) is 14.9. The van der Waals surface area contributed by atoms with Gasteiger partial charge >= 0.3 is 6.09 Å². The van der Waals surface area contributed by atoms with Crippen LogP contribution in [-0.2, 0) is 11.3 Å². The number of alkyl carbamates (subject to hydrolysis) is 1. The van der Waals surface area contributed by atoms with Crippen LogP contribution >= 0.6 is 0 Å². The first-order valence-electron chi connectivity index (χ1n) is 13.0. The Hall–Kier alpha value is -3.39. The van der Waals surface area contributed by atoms with Gasteiger partial charge in [0.15, 0.2) is 0 Å². The molecule has 3 aromatic rings. The largest absolute Gasteiger partial charge is 0.445 e. The molecule has 36 heavy (non-hydrogen) atoms. The first-order chi connectivity index (χ1) is 17.6. The minimum atomic E-state index is -0.334. The number of piperidine rings is 1. The lowest BCUT2D eigenvalue weighted by Crippen LogP contribution is -2.57. The van der Waals surface area contributed by atoms with Gasteiger partial charge in [-0.2, -0.15) is 0 Å². The SMILES string of the molecule is Cc1nnc(-c2ccc(N3CCCC(NC4CCCCC4NC(=O)OCc4ccccc4)C3)cc2)o1. The van der Waals surface area contributed by atoms with Crippen LogP contribution in [0.1, 0.15) is 50.0 Å². The number of hydrogen-bond acceptors (Lipinski definition) is 7. The second-order valence-electron chi connectivity index (χ2n) is 9.83. The lowest BCUT2D eigenvalue weighted by atomic mass is 9.89. The molecule has 3 atom stereocenters. The second kappa shape index (κ2) is 11.6. The van der Waals surface area contributed by atoms with Crippen molar-refractivity contribution in [2.45, 2.75) is 70.2 Å². The minimum absolute atomic E-state index is 0.0922. The Morgan fingerprint density at radius 2 is 1.78 bits per heavy atom. The standard InChI is InChI=1S/C28H35N5O3/c1-20-31-32-27(36-20)22-13-15-24(16-14-22)33-17-7-10-23(18-33)29-25-11-5-6-12-26(25)30-28(34)35-19-21-8-3-2-4-9-21/h2-4,8-9,13-16,23,25-26,29H,5-7,10-12,17-19H2,1H3,(H,30,34). The summed E-state index contributed by atoms with van der Waals surface area (Å²) < 4.78 is 11.0. The van der Waals surface area contributed by atoms with E-state index in [1.165, 1.54) is 12.1 Å². The summed E-state index contributed by atoms with van der Waals surface area (Å²) in [6, 6.07) is 18.9. The molecule has 1 aliphatic carbocycles. The Kier molecular flexibility index (Phi) is 7.81. The highest BCUT2D eigenvalue weighted by atomic mass is 16.5. The molecule has 2 heterocycles. The van der Waals surface area contributed by atoms with E-state index in [-0.39, 0.29) is 18.2 Å². The molecule has 1 amide bonds. The molecule has 8 heteroatoms. The molecule has 2 aromatic carbocycles. The van der Waals surface area contributed by atoms with Crippen LogP contribution in [0.25, 0.3) is 11.5 Å². The van der Waals surface area contributed by atoms with Crippen LogP contribution in [0.5, 0.6) is 0 Å². The third kappa shape index (κ3) is 6.23. The summed E-state index contributed by atoms with van der Waals surface area (Å²) in [6.07, 6.45) is 6.29. The molecule has 5 rings (SSSR count). The molecule has 1 aliphatic heterocycles. The van der Waals surface area contributed by atoms with Gasteiger partial charge in [-0.15, -0.1) is 10.2 Å². The summed E-state index contributed by atoms with van der Waals surface area (Å²) in [5.41, 5.74) is 3.12. The molecular weight excluding hydrogens is 454 g/mol. The van der Waals surface area contributed by atoms with E-state index in [0.717, 1.165) is 56.3 Å². The molecule has 2 fully saturated rings. The zero-order valence-electron chi connectivity index (χ0n) is 20.9. The highest BCUT2D eigenvalue weighted by Crippen LogP contribution is 2.26. The van der Waals surface area contributed by atoms with Gasteiger partial charge < -0.3 is 24.7 Å². The van der Waals surface area contributed by atoms with Gasteiger partial charge in [0.2, 0.25) is 11.8 Å². The number of benzene rings is 2. The van der Waals surface area contributed by atoms with Gasteiger partial charge in [0.05, 0.1) is 0 Å². The van der Waals surface area contributed by atoms with Crippen molar-refractivity contribution >= 4 is 11.8 Å². The number of carbonyl (C=O) groups is 1. The Bertz CT molecular complexity index is 1120. The summed E-state index contributed by atoms with van der Waals surface area (Å²) in [6.45, 7) is 4.07. The Labute approximate surface area is 212 Å². The van der Waals surface area contributed by atoms with Crippen molar-refractivity contribution in [1.82, 2.24) is 20.8 Å². The summed E-state index contributed by atoms with van der Waals surface area (Å²) >= 11 is 0. The number of nitrogens with one attached hydrogen (secondary N) is 2. The van der Waals surface area contributed by atoms with Crippen LogP contribution in [0, 0.1) is 6.92 Å². The van der Waals surface area contributed by atoms with Gasteiger partial charge in [-0.3, -0.25) is 0 Å². The van der Waals surface area contributed by atoms with Crippen LogP contribution in [0.15, 0.2) is 59.0 Å². The molecule has 1 saturated carbocycles. The molecule has 1 aromatic heterocycles. The molecule has 2 N–H and O–H groups in total. The Balaban J connectivity index is 1.15. The minimum Gasteiger partial charge on any atom is -0.445 e. The van der Waals surface area contributed by atoms with Crippen LogP contribution in [-0.4, -0.2) is 47.5 Å². The highest BCUT2D eigenvalue weighted by molar-refractivity contribution is 5.67. The maximum atomic E-state index is 12.5. The molecule has 190 valence electrons. The number of anilines is 1. The fraction of sp³-hybridized carbons (Fsp3) is 0.464. The maximum Gasteiger partial charge on any atom is 0.407 e. The van der Waals surface area contributed by atoms with Crippen molar-refractivity contribution in [3.8, 4) is 11.5 Å². The Morgan fingerprint density at radius 3 is 2.53 bits per heavy atom. The van der Waals surface area contributed by atoms with Crippen LogP contribution in [0.4, 0.5) is 10.5 Å². The average Bonchev–Trinajstić information content (AvgIpc) is 3.36. The van der Waals surface area contributed by atoms with Crippen molar-refractivity contribution < 1.29 is 13.9 Å². The second-order valence-corrected chi connectivity index (χ2v) is 9.83. The summed E-state index contributed by atoms with van der Waals surface area (Å²) in [7, 11) is 0. The van der Waals surface area contributed by atoms with Crippen molar-refractivity contribution in [2.24, 2.45) is 0 Å². The number of carbonyl (C=O) groups excluding carboxylic acids is 1. The molecule has 8 nitrogen and oxygen atoms in total. The molecule has 2 aliphatic rings. The third-order valence-electron chi connectivity index (χ3n) is 7.16. The molecular formula is C28H35N5O3. The summed E-state index contributed by atoms with van der Waals surface area (Å²) in [5, 5.41) is 15.0. The van der Waals surface area contributed by atoms with E-state index in [4.69, 9.17) is 9.15 Å². The van der Waals surface area contributed by atoms with Gasteiger partial charge in [0.25, 0.3) is 0 Å². The highest BCUT2D eigenvalue weighted by Gasteiger charge is 2.30. The van der Waals surface area contributed by atoms with Crippen LogP contribution in [0.3, 0.4) is 0 Å². The molecule has 3 unspecified atom stereocenters. The van der Waals surface area contributed by atoms with Gasteiger partial charge in [-0.25, -0.2) is 4.79 Å². The molecule has 0 radical (unpaired) electrons. The van der Waals surface area contributed by atoms with E-state index >= 15 is 0 Å². The van der Waals surface area contributed by atoms with E-state index in [9.17, 15) is 4.79 Å². The first kappa shape index (κ1) is 24.3. The number of amides is 1. The predicted octanol–water partition coefficient (Wildman–Crippen LogP) is 4.84. The topological polar surface area (TPSA) is 92.5 Å². The van der Waals surface area contributed by atoms with Crippen molar-refractivity contribution in [3.05, 3.63) is 66.1 Å². The van der Waals surface area contributed by atoms with E-state index in [1.807, 2.05) is 42.5 Å². The van der Waals surface area contributed by atoms with Crippen molar-refractivity contribution in [1.29, 1.82) is 0 Å². The summed E-state index contributed by atoms with van der Waals surface area (Å²) in [5.74, 6) is 1.12. The van der Waals surface area contributed by atoms with E-state index in [1.54, 1.807) is 6.92 Å². The number of ether oxygens (including phenoxy) is 1. The molecule has 0 spiro atoms. The van der Waals surface area contributed by atoms with Gasteiger partial charge in [0.1, 0.15) is 6.61 Å². The average molecular weight is 490 g/mol. The molecule has 1 saturated heterocycles. The van der Waals surface area contributed by atoms with Crippen LogP contribution < -0.4 is 15.5 Å². The lowest BCUT2D eigenvalue weighted by Gasteiger charge is -2.40.